The molecule has 0 spiro atoms. The zero-order valence-corrected chi connectivity index (χ0v) is 17.0. The Balaban J connectivity index is 1.84. The van der Waals surface area contributed by atoms with Crippen molar-refractivity contribution in [2.75, 3.05) is 0 Å². The number of hydrogen-bond donors (Lipinski definition) is 1. The lowest BCUT2D eigenvalue weighted by atomic mass is 9.95. The van der Waals surface area contributed by atoms with Crippen LogP contribution < -0.4 is 0 Å². The van der Waals surface area contributed by atoms with Gasteiger partial charge in [0, 0.05) is 11.8 Å². The number of Topliss-reactive ketones (excluding diaryl/α,β-unsaturated/α-hetero) is 1. The summed E-state index contributed by atoms with van der Waals surface area (Å²) < 4.78 is 13.5. The Morgan fingerprint density at radius 2 is 1.74 bits per heavy atom. The molecule has 1 fully saturated rings. The molecule has 0 radical (unpaired) electrons. The molecule has 5 nitrogen and oxygen atoms in total. The molecule has 1 aliphatic heterocycles. The summed E-state index contributed by atoms with van der Waals surface area (Å²) in [6.07, 6.45) is 2.44. The molecule has 1 amide bonds. The van der Waals surface area contributed by atoms with E-state index in [-0.39, 0.29) is 17.9 Å². The van der Waals surface area contributed by atoms with Crippen molar-refractivity contribution in [1.82, 2.24) is 9.88 Å². The van der Waals surface area contributed by atoms with E-state index in [4.69, 9.17) is 0 Å². The van der Waals surface area contributed by atoms with Gasteiger partial charge < -0.3 is 10.0 Å². The summed E-state index contributed by atoms with van der Waals surface area (Å²) in [5.41, 5.74) is 2.64. The number of aryl methyl sites for hydroxylation is 1. The van der Waals surface area contributed by atoms with Gasteiger partial charge in [-0.2, -0.15) is 0 Å². The first-order chi connectivity index (χ1) is 15.0. The molecule has 3 aromatic rings. The van der Waals surface area contributed by atoms with Gasteiger partial charge in [-0.05, 0) is 41.8 Å². The average molecular weight is 416 g/mol. The highest BCUT2D eigenvalue weighted by atomic mass is 19.1. The number of hydrogen-bond acceptors (Lipinski definition) is 4. The number of likely N-dealkylation sites (tertiary alicyclic amines) is 1. The second-order valence-electron chi connectivity index (χ2n) is 7.35. The largest absolute Gasteiger partial charge is 0.507 e. The standard InChI is InChI=1S/C25H21FN2O3/c1-2-16-6-8-18(9-7-16)23(29)21-22(17-10-12-19(26)13-11-17)28(25(31)24(21)30)15-20-5-3-4-14-27-20/h3-14,22,29H,2,15H2,1H3/b23-21+. The van der Waals surface area contributed by atoms with Crippen LogP contribution in [0.15, 0.2) is 78.5 Å². The molecule has 1 N–H and O–H groups in total. The van der Waals surface area contributed by atoms with Crippen LogP contribution in [-0.4, -0.2) is 26.7 Å². The summed E-state index contributed by atoms with van der Waals surface area (Å²) in [4.78, 5) is 31.5. The first-order valence-corrected chi connectivity index (χ1v) is 10.0. The molecule has 4 rings (SSSR count). The zero-order valence-electron chi connectivity index (χ0n) is 17.0. The SMILES string of the molecule is CCc1ccc(/C(O)=C2\C(=O)C(=O)N(Cc3ccccn3)C2c2ccc(F)cc2)cc1. The van der Waals surface area contributed by atoms with E-state index in [0.717, 1.165) is 12.0 Å². The molecule has 1 unspecified atom stereocenters. The maximum absolute atomic E-state index is 13.5. The number of ketones is 1. The molecular weight excluding hydrogens is 395 g/mol. The molecule has 1 saturated heterocycles. The van der Waals surface area contributed by atoms with Crippen molar-refractivity contribution in [3.63, 3.8) is 0 Å². The Hall–Kier alpha value is -3.80. The first-order valence-electron chi connectivity index (χ1n) is 10.0. The Morgan fingerprint density at radius 3 is 2.35 bits per heavy atom. The molecule has 0 saturated carbocycles. The third kappa shape index (κ3) is 3.97. The van der Waals surface area contributed by atoms with Crippen LogP contribution in [0.5, 0.6) is 0 Å². The van der Waals surface area contributed by atoms with Gasteiger partial charge in [0.25, 0.3) is 11.7 Å². The summed E-state index contributed by atoms with van der Waals surface area (Å²) in [5, 5.41) is 11.0. The smallest absolute Gasteiger partial charge is 0.296 e. The highest BCUT2D eigenvalue weighted by molar-refractivity contribution is 6.46. The Kier molecular flexibility index (Phi) is 5.62. The van der Waals surface area contributed by atoms with E-state index in [2.05, 4.69) is 4.98 Å². The van der Waals surface area contributed by atoms with Gasteiger partial charge in [-0.25, -0.2) is 4.39 Å². The number of pyridine rings is 1. The molecular formula is C25H21FN2O3. The van der Waals surface area contributed by atoms with E-state index in [1.807, 2.05) is 19.1 Å². The number of benzene rings is 2. The summed E-state index contributed by atoms with van der Waals surface area (Å²) in [7, 11) is 0. The fourth-order valence-corrected chi connectivity index (χ4v) is 3.75. The molecule has 6 heteroatoms. The second-order valence-corrected chi connectivity index (χ2v) is 7.35. The summed E-state index contributed by atoms with van der Waals surface area (Å²) in [5.74, 6) is -2.19. The quantitative estimate of drug-likeness (QED) is 0.380. The van der Waals surface area contributed by atoms with Crippen LogP contribution in [0.4, 0.5) is 4.39 Å². The zero-order chi connectivity index (χ0) is 22.0. The van der Waals surface area contributed by atoms with Gasteiger partial charge in [0.2, 0.25) is 0 Å². The van der Waals surface area contributed by atoms with Crippen molar-refractivity contribution < 1.29 is 19.1 Å². The third-order valence-electron chi connectivity index (χ3n) is 5.42. The van der Waals surface area contributed by atoms with E-state index >= 15 is 0 Å². The number of aliphatic hydroxyl groups excluding tert-OH is 1. The summed E-state index contributed by atoms with van der Waals surface area (Å²) in [6.45, 7) is 2.10. The Morgan fingerprint density at radius 1 is 1.03 bits per heavy atom. The van der Waals surface area contributed by atoms with Gasteiger partial charge in [0.1, 0.15) is 11.6 Å². The van der Waals surface area contributed by atoms with E-state index in [0.29, 0.717) is 16.8 Å². The van der Waals surface area contributed by atoms with Crippen molar-refractivity contribution in [2.45, 2.75) is 25.9 Å². The van der Waals surface area contributed by atoms with Crippen molar-refractivity contribution in [3.8, 4) is 0 Å². The lowest BCUT2D eigenvalue weighted by molar-refractivity contribution is -0.140. The second kappa shape index (κ2) is 8.52. The topological polar surface area (TPSA) is 70.5 Å². The van der Waals surface area contributed by atoms with Crippen LogP contribution >= 0.6 is 0 Å². The van der Waals surface area contributed by atoms with Crippen LogP contribution in [-0.2, 0) is 22.6 Å². The highest BCUT2D eigenvalue weighted by Gasteiger charge is 2.46. The Bertz CT molecular complexity index is 1140. The number of aliphatic hydroxyl groups is 1. The molecule has 1 atom stereocenters. The number of nitrogens with zero attached hydrogens (tertiary/aromatic N) is 2. The molecule has 2 heterocycles. The van der Waals surface area contributed by atoms with E-state index < -0.39 is 23.5 Å². The maximum Gasteiger partial charge on any atom is 0.296 e. The van der Waals surface area contributed by atoms with Crippen LogP contribution in [0, 0.1) is 5.82 Å². The monoisotopic (exact) mass is 416 g/mol. The van der Waals surface area contributed by atoms with Crippen molar-refractivity contribution in [2.24, 2.45) is 0 Å². The minimum atomic E-state index is -0.853. The number of carbonyl (C=O) groups is 2. The molecule has 0 bridgehead atoms. The van der Waals surface area contributed by atoms with Gasteiger partial charge >= 0.3 is 0 Å². The van der Waals surface area contributed by atoms with E-state index in [9.17, 15) is 19.1 Å². The minimum Gasteiger partial charge on any atom is -0.507 e. The third-order valence-corrected chi connectivity index (χ3v) is 5.42. The van der Waals surface area contributed by atoms with Gasteiger partial charge in [-0.15, -0.1) is 0 Å². The molecule has 31 heavy (non-hydrogen) atoms. The molecule has 0 aliphatic carbocycles. The van der Waals surface area contributed by atoms with E-state index in [1.54, 1.807) is 36.5 Å². The Labute approximate surface area is 179 Å². The lowest BCUT2D eigenvalue weighted by Crippen LogP contribution is -2.29. The van der Waals surface area contributed by atoms with Crippen molar-refractivity contribution in [3.05, 3.63) is 107 Å². The predicted octanol–water partition coefficient (Wildman–Crippen LogP) is 4.41. The van der Waals surface area contributed by atoms with Gasteiger partial charge in [-0.1, -0.05) is 49.4 Å². The number of rotatable bonds is 5. The fourth-order valence-electron chi connectivity index (χ4n) is 3.75. The maximum atomic E-state index is 13.5. The summed E-state index contributed by atoms with van der Waals surface area (Å²) in [6, 6.07) is 17.2. The lowest BCUT2D eigenvalue weighted by Gasteiger charge is -2.25. The first kappa shape index (κ1) is 20.5. The molecule has 1 aromatic heterocycles. The molecule has 2 aromatic carbocycles. The van der Waals surface area contributed by atoms with Crippen molar-refractivity contribution >= 4 is 17.4 Å². The van der Waals surface area contributed by atoms with Gasteiger partial charge in [-0.3, -0.25) is 14.6 Å². The minimum absolute atomic E-state index is 0.0169. The highest BCUT2D eigenvalue weighted by Crippen LogP contribution is 2.40. The van der Waals surface area contributed by atoms with Crippen LogP contribution in [0.25, 0.3) is 5.76 Å². The van der Waals surface area contributed by atoms with Crippen LogP contribution in [0.3, 0.4) is 0 Å². The molecule has 1 aliphatic rings. The number of halogens is 1. The average Bonchev–Trinajstić information content (AvgIpc) is 3.05. The van der Waals surface area contributed by atoms with Crippen LogP contribution in [0.1, 0.15) is 35.3 Å². The summed E-state index contributed by atoms with van der Waals surface area (Å²) >= 11 is 0. The number of aromatic nitrogens is 1. The normalized spacial score (nSPS) is 17.9. The molecule has 156 valence electrons. The fraction of sp³-hybridized carbons (Fsp3) is 0.160. The van der Waals surface area contributed by atoms with Crippen LogP contribution in [0.2, 0.25) is 0 Å². The predicted molar refractivity (Wildman–Crippen MR) is 114 cm³/mol. The number of amides is 1. The van der Waals surface area contributed by atoms with Gasteiger partial charge in [0.15, 0.2) is 0 Å². The van der Waals surface area contributed by atoms with Crippen molar-refractivity contribution in [1.29, 1.82) is 0 Å². The number of carbonyl (C=O) groups excluding carboxylic acids is 2. The van der Waals surface area contributed by atoms with Gasteiger partial charge in [0.05, 0.1) is 23.9 Å². The van der Waals surface area contributed by atoms with E-state index in [1.165, 1.54) is 29.2 Å².